The first kappa shape index (κ1) is 12.3. The van der Waals surface area contributed by atoms with Gasteiger partial charge in [-0.15, -0.1) is 0 Å². The molecule has 2 heterocycles. The van der Waals surface area contributed by atoms with Crippen LogP contribution < -0.4 is 4.90 Å². The fraction of sp³-hybridized carbons (Fsp3) is 0.500. The van der Waals surface area contributed by atoms with Crippen LogP contribution in [0.3, 0.4) is 0 Å². The van der Waals surface area contributed by atoms with Crippen LogP contribution in [0, 0.1) is 11.3 Å². The molecule has 0 spiro atoms. The van der Waals surface area contributed by atoms with Crippen LogP contribution in [0.1, 0.15) is 19.0 Å². The number of rotatable bonds is 1. The summed E-state index contributed by atoms with van der Waals surface area (Å²) in [5, 5.41) is 9.02. The van der Waals surface area contributed by atoms with Crippen LogP contribution >= 0.6 is 0 Å². The first-order valence-electron chi connectivity index (χ1n) is 5.94. The molecule has 1 fully saturated rings. The highest BCUT2D eigenvalue weighted by Crippen LogP contribution is 2.16. The molecule has 1 amide bonds. The Bertz CT molecular complexity index is 482. The number of anilines is 1. The van der Waals surface area contributed by atoms with E-state index in [1.807, 2.05) is 9.80 Å². The molecule has 6 heteroatoms. The fourth-order valence-corrected chi connectivity index (χ4v) is 2.09. The molecule has 0 atom stereocenters. The minimum atomic E-state index is 0.0940. The summed E-state index contributed by atoms with van der Waals surface area (Å²) >= 11 is 0. The number of aromatic nitrogens is 2. The molecule has 6 nitrogen and oxygen atoms in total. The first-order valence-corrected chi connectivity index (χ1v) is 5.94. The maximum absolute atomic E-state index is 11.3. The van der Waals surface area contributed by atoms with Gasteiger partial charge in [-0.1, -0.05) is 0 Å². The number of nitrogens with zero attached hydrogens (tertiary/aromatic N) is 5. The molecule has 1 aromatic heterocycles. The number of nitriles is 1. The zero-order valence-electron chi connectivity index (χ0n) is 10.3. The minimum absolute atomic E-state index is 0.0940. The van der Waals surface area contributed by atoms with Crippen molar-refractivity contribution in [2.24, 2.45) is 0 Å². The van der Waals surface area contributed by atoms with Crippen molar-refractivity contribution in [1.82, 2.24) is 14.9 Å². The van der Waals surface area contributed by atoms with Gasteiger partial charge in [0.15, 0.2) is 11.5 Å². The van der Waals surface area contributed by atoms with Crippen molar-refractivity contribution in [3.05, 3.63) is 18.1 Å². The predicted molar refractivity (Wildman–Crippen MR) is 65.8 cm³/mol. The van der Waals surface area contributed by atoms with Crippen LogP contribution in [0.2, 0.25) is 0 Å². The lowest BCUT2D eigenvalue weighted by Crippen LogP contribution is -2.34. The molecule has 1 aliphatic rings. The molecule has 1 aliphatic heterocycles. The zero-order chi connectivity index (χ0) is 13.0. The lowest BCUT2D eigenvalue weighted by Gasteiger charge is -2.22. The molecule has 18 heavy (non-hydrogen) atoms. The molecule has 0 aliphatic carbocycles. The Morgan fingerprint density at radius 2 is 2.06 bits per heavy atom. The summed E-state index contributed by atoms with van der Waals surface area (Å²) in [4.78, 5) is 23.4. The number of carbonyl (C=O) groups excluding carboxylic acids is 1. The summed E-state index contributed by atoms with van der Waals surface area (Å²) < 4.78 is 0. The van der Waals surface area contributed by atoms with E-state index < -0.39 is 0 Å². The molecule has 0 aromatic carbocycles. The van der Waals surface area contributed by atoms with Crippen LogP contribution in [0.4, 0.5) is 5.82 Å². The van der Waals surface area contributed by atoms with E-state index in [4.69, 9.17) is 5.26 Å². The number of hydrogen-bond donors (Lipinski definition) is 0. The zero-order valence-corrected chi connectivity index (χ0v) is 10.3. The number of hydrogen-bond acceptors (Lipinski definition) is 5. The Morgan fingerprint density at radius 3 is 2.78 bits per heavy atom. The molecule has 0 bridgehead atoms. The summed E-state index contributed by atoms with van der Waals surface area (Å²) in [6, 6.07) is 2.05. The van der Waals surface area contributed by atoms with Gasteiger partial charge in [0, 0.05) is 45.5 Å². The van der Waals surface area contributed by atoms with Crippen LogP contribution in [-0.2, 0) is 4.79 Å². The SMILES string of the molecule is CC(=O)N1CCCN(c2nccnc2C#N)CC1. The molecule has 0 N–H and O–H groups in total. The quantitative estimate of drug-likeness (QED) is 0.716. The smallest absolute Gasteiger partial charge is 0.219 e. The van der Waals surface area contributed by atoms with Gasteiger partial charge in [0.1, 0.15) is 6.07 Å². The van der Waals surface area contributed by atoms with Gasteiger partial charge in [-0.25, -0.2) is 9.97 Å². The third-order valence-electron chi connectivity index (χ3n) is 3.03. The van der Waals surface area contributed by atoms with Crippen molar-refractivity contribution in [3.63, 3.8) is 0 Å². The van der Waals surface area contributed by atoms with Gasteiger partial charge >= 0.3 is 0 Å². The first-order chi connectivity index (χ1) is 8.72. The van der Waals surface area contributed by atoms with E-state index in [2.05, 4.69) is 16.0 Å². The monoisotopic (exact) mass is 245 g/mol. The number of carbonyl (C=O) groups is 1. The Hall–Kier alpha value is -2.16. The van der Waals surface area contributed by atoms with E-state index in [-0.39, 0.29) is 5.91 Å². The molecule has 1 saturated heterocycles. The van der Waals surface area contributed by atoms with E-state index in [0.29, 0.717) is 24.6 Å². The molecule has 2 rings (SSSR count). The lowest BCUT2D eigenvalue weighted by molar-refractivity contribution is -0.128. The van der Waals surface area contributed by atoms with Crippen molar-refractivity contribution in [2.75, 3.05) is 31.1 Å². The van der Waals surface area contributed by atoms with Gasteiger partial charge in [0.25, 0.3) is 0 Å². The molecule has 0 unspecified atom stereocenters. The van der Waals surface area contributed by atoms with Gasteiger partial charge < -0.3 is 9.80 Å². The van der Waals surface area contributed by atoms with Gasteiger partial charge in [0.05, 0.1) is 0 Å². The second kappa shape index (κ2) is 5.45. The number of amides is 1. The van der Waals surface area contributed by atoms with Crippen LogP contribution in [0.5, 0.6) is 0 Å². The molecule has 0 radical (unpaired) electrons. The Labute approximate surface area is 106 Å². The highest BCUT2D eigenvalue weighted by atomic mass is 16.2. The summed E-state index contributed by atoms with van der Waals surface area (Å²) in [6.07, 6.45) is 3.98. The molecular formula is C12H15N5O. The summed E-state index contributed by atoms with van der Waals surface area (Å²) in [5.41, 5.74) is 0.341. The highest BCUT2D eigenvalue weighted by molar-refractivity contribution is 5.73. The van der Waals surface area contributed by atoms with Gasteiger partial charge in [0.2, 0.25) is 5.91 Å². The van der Waals surface area contributed by atoms with Crippen LogP contribution in [-0.4, -0.2) is 47.0 Å². The second-order valence-corrected chi connectivity index (χ2v) is 4.19. The highest BCUT2D eigenvalue weighted by Gasteiger charge is 2.19. The average molecular weight is 245 g/mol. The third kappa shape index (κ3) is 2.56. The molecular weight excluding hydrogens is 230 g/mol. The second-order valence-electron chi connectivity index (χ2n) is 4.19. The standard InChI is InChI=1S/C12H15N5O/c1-10(18)16-5-2-6-17(8-7-16)12-11(9-13)14-3-4-15-12/h3-4H,2,5-8H2,1H3. The van der Waals surface area contributed by atoms with E-state index in [1.165, 1.54) is 6.20 Å². The molecule has 94 valence electrons. The van der Waals surface area contributed by atoms with Crippen molar-refractivity contribution >= 4 is 11.7 Å². The fourth-order valence-electron chi connectivity index (χ4n) is 2.09. The van der Waals surface area contributed by atoms with Crippen molar-refractivity contribution in [1.29, 1.82) is 5.26 Å². The Morgan fingerprint density at radius 1 is 1.28 bits per heavy atom. The minimum Gasteiger partial charge on any atom is -0.352 e. The average Bonchev–Trinajstić information content (AvgIpc) is 2.64. The van der Waals surface area contributed by atoms with Crippen LogP contribution in [0.15, 0.2) is 12.4 Å². The van der Waals surface area contributed by atoms with Gasteiger partial charge in [-0.2, -0.15) is 5.26 Å². The normalized spacial score (nSPS) is 16.0. The van der Waals surface area contributed by atoms with E-state index in [1.54, 1.807) is 13.1 Å². The van der Waals surface area contributed by atoms with E-state index in [9.17, 15) is 4.79 Å². The van der Waals surface area contributed by atoms with E-state index in [0.717, 1.165) is 19.5 Å². The van der Waals surface area contributed by atoms with Crippen molar-refractivity contribution < 1.29 is 4.79 Å². The molecule has 1 aromatic rings. The van der Waals surface area contributed by atoms with Gasteiger partial charge in [-0.05, 0) is 6.42 Å². The largest absolute Gasteiger partial charge is 0.352 e. The Kier molecular flexibility index (Phi) is 3.72. The summed E-state index contributed by atoms with van der Waals surface area (Å²) in [7, 11) is 0. The molecule has 0 saturated carbocycles. The predicted octanol–water partition coefficient (Wildman–Crippen LogP) is 0.407. The van der Waals surface area contributed by atoms with Gasteiger partial charge in [-0.3, -0.25) is 4.79 Å². The van der Waals surface area contributed by atoms with Crippen molar-refractivity contribution in [3.8, 4) is 6.07 Å². The Balaban J connectivity index is 2.15. The van der Waals surface area contributed by atoms with Crippen molar-refractivity contribution in [2.45, 2.75) is 13.3 Å². The lowest BCUT2D eigenvalue weighted by atomic mass is 10.3. The maximum Gasteiger partial charge on any atom is 0.219 e. The topological polar surface area (TPSA) is 73.1 Å². The summed E-state index contributed by atoms with van der Waals surface area (Å²) in [6.45, 7) is 4.48. The van der Waals surface area contributed by atoms with E-state index >= 15 is 0 Å². The maximum atomic E-state index is 11.3. The summed E-state index contributed by atoms with van der Waals surface area (Å²) in [5.74, 6) is 0.710. The third-order valence-corrected chi connectivity index (χ3v) is 3.03. The van der Waals surface area contributed by atoms with Crippen LogP contribution in [0.25, 0.3) is 0 Å².